The molecular weight excluding hydrogens is 395 g/mol. The lowest BCUT2D eigenvalue weighted by atomic mass is 9.94. The molecule has 0 aromatic heterocycles. The van der Waals surface area contributed by atoms with Gasteiger partial charge in [-0.1, -0.05) is 54.1 Å². The maximum Gasteiger partial charge on any atom is 0.0726 e. The van der Waals surface area contributed by atoms with Crippen LogP contribution in [-0.4, -0.2) is 0 Å². The topological polar surface area (TPSA) is 38.0 Å². The normalized spacial score (nSPS) is 12.5. The van der Waals surface area contributed by atoms with E-state index >= 15 is 0 Å². The lowest BCUT2D eigenvalue weighted by molar-refractivity contribution is 0.638. The van der Waals surface area contributed by atoms with E-state index in [1.165, 1.54) is 10.8 Å². The van der Waals surface area contributed by atoms with Gasteiger partial charge in [0.15, 0.2) is 0 Å². The second kappa shape index (κ2) is 6.32. The first-order chi connectivity index (χ1) is 10.2. The Hall–Kier alpha value is -1.14. The third kappa shape index (κ3) is 2.92. The molecule has 3 aromatic rings. The molecule has 1 unspecified atom stereocenters. The lowest BCUT2D eigenvalue weighted by Crippen LogP contribution is -2.29. The van der Waals surface area contributed by atoms with Crippen molar-refractivity contribution in [3.8, 4) is 0 Å². The van der Waals surface area contributed by atoms with Crippen LogP contribution in [0.5, 0.6) is 0 Å². The van der Waals surface area contributed by atoms with Gasteiger partial charge in [-0.15, -0.1) is 0 Å². The SMILES string of the molecule is NNC(c1cc(Cl)ccc1I)c1cccc2ccccc12. The van der Waals surface area contributed by atoms with Crippen molar-refractivity contribution in [3.63, 3.8) is 0 Å². The predicted molar refractivity (Wildman–Crippen MR) is 97.3 cm³/mol. The molecule has 1 atom stereocenters. The van der Waals surface area contributed by atoms with Gasteiger partial charge in [-0.05, 0) is 62.7 Å². The highest BCUT2D eigenvalue weighted by Crippen LogP contribution is 2.32. The first-order valence-electron chi connectivity index (χ1n) is 6.59. The van der Waals surface area contributed by atoms with Gasteiger partial charge in [0.25, 0.3) is 0 Å². The molecule has 0 spiro atoms. The Morgan fingerprint density at radius 3 is 2.52 bits per heavy atom. The Labute approximate surface area is 142 Å². The van der Waals surface area contributed by atoms with Crippen molar-refractivity contribution in [1.29, 1.82) is 0 Å². The van der Waals surface area contributed by atoms with Crippen molar-refractivity contribution >= 4 is 45.0 Å². The van der Waals surface area contributed by atoms with E-state index in [1.807, 2.05) is 30.3 Å². The summed E-state index contributed by atoms with van der Waals surface area (Å²) in [5.41, 5.74) is 5.17. The number of hydrogen-bond donors (Lipinski definition) is 2. The van der Waals surface area contributed by atoms with Crippen molar-refractivity contribution < 1.29 is 0 Å². The van der Waals surface area contributed by atoms with Gasteiger partial charge in [-0.2, -0.15) is 0 Å². The van der Waals surface area contributed by atoms with E-state index in [9.17, 15) is 0 Å². The van der Waals surface area contributed by atoms with Crippen LogP contribution in [0.3, 0.4) is 0 Å². The van der Waals surface area contributed by atoms with E-state index < -0.39 is 0 Å². The number of halogens is 2. The highest BCUT2D eigenvalue weighted by Gasteiger charge is 2.17. The third-order valence-electron chi connectivity index (χ3n) is 3.57. The summed E-state index contributed by atoms with van der Waals surface area (Å²) >= 11 is 8.46. The van der Waals surface area contributed by atoms with Gasteiger partial charge < -0.3 is 0 Å². The van der Waals surface area contributed by atoms with Gasteiger partial charge in [0.05, 0.1) is 6.04 Å². The van der Waals surface area contributed by atoms with Gasteiger partial charge in [-0.3, -0.25) is 5.84 Å². The highest BCUT2D eigenvalue weighted by molar-refractivity contribution is 14.1. The fourth-order valence-electron chi connectivity index (χ4n) is 2.59. The molecule has 0 bridgehead atoms. The molecule has 0 amide bonds. The van der Waals surface area contributed by atoms with Crippen molar-refractivity contribution in [2.24, 2.45) is 5.84 Å². The summed E-state index contributed by atoms with van der Waals surface area (Å²) in [6, 6.07) is 20.3. The fraction of sp³-hybridized carbons (Fsp3) is 0.0588. The minimum atomic E-state index is -0.0956. The second-order valence-electron chi connectivity index (χ2n) is 4.83. The Balaban J connectivity index is 2.21. The number of nitrogens with two attached hydrogens (primary N) is 1. The van der Waals surface area contributed by atoms with E-state index in [0.717, 1.165) is 14.7 Å². The van der Waals surface area contributed by atoms with Crippen LogP contribution in [0.2, 0.25) is 5.02 Å². The van der Waals surface area contributed by atoms with E-state index in [4.69, 9.17) is 17.4 Å². The number of rotatable bonds is 3. The first kappa shape index (κ1) is 14.8. The molecule has 0 aliphatic rings. The maximum absolute atomic E-state index is 6.15. The number of fused-ring (bicyclic) bond motifs is 1. The second-order valence-corrected chi connectivity index (χ2v) is 6.43. The van der Waals surface area contributed by atoms with Crippen molar-refractivity contribution in [2.45, 2.75) is 6.04 Å². The summed E-state index contributed by atoms with van der Waals surface area (Å²) in [7, 11) is 0. The highest BCUT2D eigenvalue weighted by atomic mass is 127. The van der Waals surface area contributed by atoms with Crippen LogP contribution in [0, 0.1) is 3.57 Å². The predicted octanol–water partition coefficient (Wildman–Crippen LogP) is 4.65. The van der Waals surface area contributed by atoms with Crippen LogP contribution in [-0.2, 0) is 0 Å². The molecule has 3 rings (SSSR count). The molecule has 106 valence electrons. The summed E-state index contributed by atoms with van der Waals surface area (Å²) in [4.78, 5) is 0. The van der Waals surface area contributed by atoms with Crippen molar-refractivity contribution in [3.05, 3.63) is 80.4 Å². The Bertz CT molecular complexity index is 783. The van der Waals surface area contributed by atoms with Crippen LogP contribution in [0.4, 0.5) is 0 Å². The quantitative estimate of drug-likeness (QED) is 0.376. The number of nitrogens with one attached hydrogen (secondary N) is 1. The van der Waals surface area contributed by atoms with Gasteiger partial charge in [0.2, 0.25) is 0 Å². The van der Waals surface area contributed by atoms with E-state index in [1.54, 1.807) is 0 Å². The van der Waals surface area contributed by atoms with Crippen LogP contribution >= 0.6 is 34.2 Å². The Kier molecular flexibility index (Phi) is 4.45. The molecule has 0 fully saturated rings. The first-order valence-corrected chi connectivity index (χ1v) is 8.05. The molecule has 0 aliphatic carbocycles. The number of benzene rings is 3. The monoisotopic (exact) mass is 408 g/mol. The minimum absolute atomic E-state index is 0.0956. The Morgan fingerprint density at radius 1 is 0.952 bits per heavy atom. The summed E-state index contributed by atoms with van der Waals surface area (Å²) < 4.78 is 1.13. The van der Waals surface area contributed by atoms with Crippen molar-refractivity contribution in [1.82, 2.24) is 5.43 Å². The molecule has 21 heavy (non-hydrogen) atoms. The van der Waals surface area contributed by atoms with E-state index in [-0.39, 0.29) is 6.04 Å². The average Bonchev–Trinajstić information content (AvgIpc) is 2.51. The molecule has 3 aromatic carbocycles. The maximum atomic E-state index is 6.15. The summed E-state index contributed by atoms with van der Waals surface area (Å²) in [6.45, 7) is 0. The van der Waals surface area contributed by atoms with E-state index in [2.05, 4.69) is 58.3 Å². The number of hydrogen-bond acceptors (Lipinski definition) is 2. The minimum Gasteiger partial charge on any atom is -0.271 e. The van der Waals surface area contributed by atoms with Crippen molar-refractivity contribution in [2.75, 3.05) is 0 Å². The molecule has 2 nitrogen and oxygen atoms in total. The summed E-state index contributed by atoms with van der Waals surface area (Å²) in [5, 5.41) is 3.11. The molecule has 0 heterocycles. The summed E-state index contributed by atoms with van der Waals surface area (Å²) in [5.74, 6) is 5.85. The zero-order valence-electron chi connectivity index (χ0n) is 11.2. The van der Waals surface area contributed by atoms with Crippen LogP contribution in [0.25, 0.3) is 10.8 Å². The molecule has 3 N–H and O–H groups in total. The van der Waals surface area contributed by atoms with Gasteiger partial charge in [-0.25, -0.2) is 5.43 Å². The smallest absolute Gasteiger partial charge is 0.0726 e. The van der Waals surface area contributed by atoms with Crippen LogP contribution in [0.1, 0.15) is 17.2 Å². The molecule has 0 radical (unpaired) electrons. The van der Waals surface area contributed by atoms with Crippen LogP contribution < -0.4 is 11.3 Å². The van der Waals surface area contributed by atoms with E-state index in [0.29, 0.717) is 5.02 Å². The Morgan fingerprint density at radius 2 is 1.71 bits per heavy atom. The zero-order valence-corrected chi connectivity index (χ0v) is 14.1. The zero-order chi connectivity index (χ0) is 14.8. The van der Waals surface area contributed by atoms with Gasteiger partial charge >= 0.3 is 0 Å². The van der Waals surface area contributed by atoms with Gasteiger partial charge in [0, 0.05) is 8.59 Å². The third-order valence-corrected chi connectivity index (χ3v) is 4.79. The van der Waals surface area contributed by atoms with Gasteiger partial charge in [0.1, 0.15) is 0 Å². The fourth-order valence-corrected chi connectivity index (χ4v) is 3.41. The molecule has 4 heteroatoms. The lowest BCUT2D eigenvalue weighted by Gasteiger charge is -2.20. The summed E-state index contributed by atoms with van der Waals surface area (Å²) in [6.07, 6.45) is 0. The largest absolute Gasteiger partial charge is 0.271 e. The average molecular weight is 409 g/mol. The molecule has 0 saturated carbocycles. The molecule has 0 saturated heterocycles. The standard InChI is InChI=1S/C17H14ClIN2/c18-12-8-9-16(19)15(10-12)17(21-20)14-7-3-5-11-4-1-2-6-13(11)14/h1-10,17,21H,20H2. The van der Waals surface area contributed by atoms with Crippen LogP contribution in [0.15, 0.2) is 60.7 Å². The molecular formula is C17H14ClIN2. The number of hydrazine groups is 1. The molecule has 0 aliphatic heterocycles.